The van der Waals surface area contributed by atoms with Gasteiger partial charge in [-0.2, -0.15) is 13.2 Å². The maximum atomic E-state index is 12.8. The largest absolute Gasteiger partial charge is 0.459 e. The molecule has 0 aliphatic heterocycles. The van der Waals surface area contributed by atoms with Gasteiger partial charge in [0.25, 0.3) is 0 Å². The third kappa shape index (κ3) is 5.15. The third-order valence-corrected chi connectivity index (χ3v) is 4.38. The molecule has 1 heterocycles. The van der Waals surface area contributed by atoms with Crippen LogP contribution in [0.4, 0.5) is 18.9 Å². The van der Waals surface area contributed by atoms with Crippen LogP contribution in [0.2, 0.25) is 5.02 Å². The molecule has 1 N–H and O–H groups in total. The van der Waals surface area contributed by atoms with Crippen molar-refractivity contribution in [1.29, 1.82) is 0 Å². The lowest BCUT2D eigenvalue weighted by Gasteiger charge is -2.23. The van der Waals surface area contributed by atoms with Gasteiger partial charge >= 0.3 is 12.1 Å². The Balaban J connectivity index is 2.12. The summed E-state index contributed by atoms with van der Waals surface area (Å²) in [6, 6.07) is 2.12. The molecular weight excluding hydrogens is 385 g/mol. The van der Waals surface area contributed by atoms with E-state index in [0.717, 1.165) is 12.1 Å². The van der Waals surface area contributed by atoms with Gasteiger partial charge in [0.05, 0.1) is 27.5 Å². The highest BCUT2D eigenvalue weighted by Gasteiger charge is 2.31. The SMILES string of the molecule is Cc1noc(C)c1COC(=O)[C@@H](Nc1ccc(C(F)(F)F)cc1Cl)C(C)C. The van der Waals surface area contributed by atoms with E-state index in [2.05, 4.69) is 10.5 Å². The van der Waals surface area contributed by atoms with Crippen LogP contribution in [0.3, 0.4) is 0 Å². The molecule has 0 saturated carbocycles. The number of carbonyl (C=O) groups is 1. The number of hydrogen-bond donors (Lipinski definition) is 1. The summed E-state index contributed by atoms with van der Waals surface area (Å²) in [5, 5.41) is 6.53. The molecule has 0 unspecified atom stereocenters. The number of esters is 1. The zero-order valence-corrected chi connectivity index (χ0v) is 16.0. The minimum absolute atomic E-state index is 0.00829. The van der Waals surface area contributed by atoms with E-state index >= 15 is 0 Å². The zero-order chi connectivity index (χ0) is 20.4. The lowest BCUT2D eigenvalue weighted by atomic mass is 10.0. The molecule has 0 aliphatic rings. The third-order valence-electron chi connectivity index (χ3n) is 4.07. The van der Waals surface area contributed by atoms with Gasteiger partial charge in [0.15, 0.2) is 0 Å². The molecule has 2 aromatic rings. The quantitative estimate of drug-likeness (QED) is 0.675. The molecule has 0 amide bonds. The minimum atomic E-state index is -4.49. The highest BCUT2D eigenvalue weighted by Crippen LogP contribution is 2.34. The van der Waals surface area contributed by atoms with E-state index < -0.39 is 23.8 Å². The normalized spacial score (nSPS) is 12.9. The summed E-state index contributed by atoms with van der Waals surface area (Å²) >= 11 is 5.95. The molecule has 1 aromatic carbocycles. The number of rotatable bonds is 6. The number of anilines is 1. The van der Waals surface area contributed by atoms with Crippen LogP contribution in [0, 0.1) is 19.8 Å². The molecule has 0 aliphatic carbocycles. The van der Waals surface area contributed by atoms with E-state index in [1.807, 2.05) is 0 Å². The second-order valence-corrected chi connectivity index (χ2v) is 6.88. The van der Waals surface area contributed by atoms with Crippen molar-refractivity contribution in [2.45, 2.75) is 46.5 Å². The first kappa shape index (κ1) is 21.1. The molecule has 5 nitrogen and oxygen atoms in total. The van der Waals surface area contributed by atoms with Crippen LogP contribution in [0.25, 0.3) is 0 Å². The molecule has 0 radical (unpaired) electrons. The Bertz CT molecular complexity index is 799. The fraction of sp³-hybridized carbons (Fsp3) is 0.444. The number of halogens is 4. The Labute approximate surface area is 159 Å². The topological polar surface area (TPSA) is 64.4 Å². The van der Waals surface area contributed by atoms with Gasteiger partial charge in [-0.1, -0.05) is 30.6 Å². The van der Waals surface area contributed by atoms with Crippen molar-refractivity contribution in [3.05, 3.63) is 45.8 Å². The number of benzene rings is 1. The van der Waals surface area contributed by atoms with Gasteiger partial charge in [-0.15, -0.1) is 0 Å². The van der Waals surface area contributed by atoms with Crippen LogP contribution in [0.15, 0.2) is 22.7 Å². The fourth-order valence-corrected chi connectivity index (χ4v) is 2.65. The lowest BCUT2D eigenvalue weighted by molar-refractivity contribution is -0.147. The van der Waals surface area contributed by atoms with Crippen molar-refractivity contribution in [3.63, 3.8) is 0 Å². The van der Waals surface area contributed by atoms with E-state index in [4.69, 9.17) is 20.9 Å². The Morgan fingerprint density at radius 3 is 2.48 bits per heavy atom. The molecule has 1 aromatic heterocycles. The molecule has 0 bridgehead atoms. The van der Waals surface area contributed by atoms with Crippen molar-refractivity contribution in [3.8, 4) is 0 Å². The van der Waals surface area contributed by atoms with Gasteiger partial charge < -0.3 is 14.6 Å². The van der Waals surface area contributed by atoms with E-state index in [0.29, 0.717) is 17.0 Å². The highest BCUT2D eigenvalue weighted by molar-refractivity contribution is 6.33. The number of carbonyl (C=O) groups excluding carboxylic acids is 1. The van der Waals surface area contributed by atoms with Crippen molar-refractivity contribution < 1.29 is 27.2 Å². The lowest BCUT2D eigenvalue weighted by Crippen LogP contribution is -2.36. The number of nitrogens with one attached hydrogen (secondary N) is 1. The van der Waals surface area contributed by atoms with Gasteiger partial charge in [-0.05, 0) is 38.0 Å². The predicted octanol–water partition coefficient (Wildman–Crippen LogP) is 5.14. The van der Waals surface area contributed by atoms with Crippen LogP contribution in [-0.2, 0) is 22.3 Å². The van der Waals surface area contributed by atoms with Crippen molar-refractivity contribution in [2.24, 2.45) is 5.92 Å². The zero-order valence-electron chi connectivity index (χ0n) is 15.3. The minimum Gasteiger partial charge on any atom is -0.459 e. The van der Waals surface area contributed by atoms with Crippen LogP contribution < -0.4 is 5.32 Å². The summed E-state index contributed by atoms with van der Waals surface area (Å²) in [6.07, 6.45) is -4.49. The standard InChI is InChI=1S/C18H20ClF3N2O3/c1-9(2)16(17(25)26-8-13-10(3)24-27-11(13)4)23-15-6-5-12(7-14(15)19)18(20,21)22/h5-7,9,16,23H,8H2,1-4H3/t16-/m0/s1. The fourth-order valence-electron chi connectivity index (χ4n) is 2.41. The van der Waals surface area contributed by atoms with Gasteiger partial charge in [-0.25, -0.2) is 4.79 Å². The molecule has 2 rings (SSSR count). The maximum Gasteiger partial charge on any atom is 0.416 e. The van der Waals surface area contributed by atoms with Crippen molar-refractivity contribution in [2.75, 3.05) is 5.32 Å². The number of aromatic nitrogens is 1. The summed E-state index contributed by atoms with van der Waals surface area (Å²) in [7, 11) is 0. The van der Waals surface area contributed by atoms with Gasteiger partial charge in [0.2, 0.25) is 0 Å². The van der Waals surface area contributed by atoms with Crippen molar-refractivity contribution >= 4 is 23.3 Å². The highest BCUT2D eigenvalue weighted by atomic mass is 35.5. The number of alkyl halides is 3. The number of aryl methyl sites for hydroxylation is 2. The Morgan fingerprint density at radius 2 is 2.00 bits per heavy atom. The Hall–Kier alpha value is -2.22. The first-order valence-electron chi connectivity index (χ1n) is 8.22. The molecule has 1 atom stereocenters. The molecule has 0 spiro atoms. The van der Waals surface area contributed by atoms with Gasteiger partial charge in [0.1, 0.15) is 18.4 Å². The van der Waals surface area contributed by atoms with E-state index in [1.165, 1.54) is 6.07 Å². The summed E-state index contributed by atoms with van der Waals surface area (Å²) in [5.41, 5.74) is 0.663. The molecule has 148 valence electrons. The van der Waals surface area contributed by atoms with Crippen molar-refractivity contribution in [1.82, 2.24) is 5.16 Å². The Kier molecular flexibility index (Phi) is 6.41. The average molecular weight is 405 g/mol. The number of nitrogens with zero attached hydrogens (tertiary/aromatic N) is 1. The second-order valence-electron chi connectivity index (χ2n) is 6.47. The van der Waals surface area contributed by atoms with E-state index in [-0.39, 0.29) is 23.2 Å². The van der Waals surface area contributed by atoms with Crippen LogP contribution in [0.1, 0.15) is 36.4 Å². The predicted molar refractivity (Wildman–Crippen MR) is 94.5 cm³/mol. The number of ether oxygens (including phenoxy) is 1. The molecule has 0 fully saturated rings. The van der Waals surface area contributed by atoms with E-state index in [9.17, 15) is 18.0 Å². The molecular formula is C18H20ClF3N2O3. The molecule has 0 saturated heterocycles. The maximum absolute atomic E-state index is 12.8. The van der Waals surface area contributed by atoms with Crippen LogP contribution in [0.5, 0.6) is 0 Å². The summed E-state index contributed by atoms with van der Waals surface area (Å²) in [4.78, 5) is 12.5. The second kappa shape index (κ2) is 8.21. The monoisotopic (exact) mass is 404 g/mol. The summed E-state index contributed by atoms with van der Waals surface area (Å²) < 4.78 is 48.6. The summed E-state index contributed by atoms with van der Waals surface area (Å²) in [6.45, 7) is 7.01. The first-order valence-corrected chi connectivity index (χ1v) is 8.60. The van der Waals surface area contributed by atoms with E-state index in [1.54, 1.807) is 27.7 Å². The van der Waals surface area contributed by atoms with Crippen LogP contribution in [-0.4, -0.2) is 17.2 Å². The first-order chi connectivity index (χ1) is 12.5. The van der Waals surface area contributed by atoms with Gasteiger partial charge in [0, 0.05) is 0 Å². The Morgan fingerprint density at radius 1 is 1.33 bits per heavy atom. The number of hydrogen-bond acceptors (Lipinski definition) is 5. The smallest absolute Gasteiger partial charge is 0.416 e. The summed E-state index contributed by atoms with van der Waals surface area (Å²) in [5.74, 6) is -0.193. The van der Waals surface area contributed by atoms with Gasteiger partial charge in [-0.3, -0.25) is 0 Å². The van der Waals surface area contributed by atoms with Crippen LogP contribution >= 0.6 is 11.6 Å². The molecule has 27 heavy (non-hydrogen) atoms. The molecule has 9 heteroatoms. The average Bonchev–Trinajstić information content (AvgIpc) is 2.88.